The molecule has 1 heterocycles. The fourth-order valence-electron chi connectivity index (χ4n) is 1.79. The van der Waals surface area contributed by atoms with Crippen molar-refractivity contribution in [1.82, 2.24) is 15.5 Å². The van der Waals surface area contributed by atoms with Gasteiger partial charge in [0.1, 0.15) is 0 Å². The third kappa shape index (κ3) is 3.05. The van der Waals surface area contributed by atoms with Gasteiger partial charge in [0, 0.05) is 32.4 Å². The van der Waals surface area contributed by atoms with Gasteiger partial charge in [-0.3, -0.25) is 4.79 Å². The molecule has 1 amide bonds. The van der Waals surface area contributed by atoms with Gasteiger partial charge in [0.25, 0.3) is 5.91 Å². The molecule has 0 aliphatic carbocycles. The lowest BCUT2D eigenvalue weighted by Crippen LogP contribution is -2.26. The molecule has 0 aliphatic rings. The SMILES string of the molecule is Cc1nc(CNC(=O)c2cc(N)ccc2N(C)C)no1. The molecule has 0 saturated heterocycles. The number of anilines is 2. The predicted molar refractivity (Wildman–Crippen MR) is 75.4 cm³/mol. The van der Waals surface area contributed by atoms with E-state index in [4.69, 9.17) is 10.3 Å². The van der Waals surface area contributed by atoms with Crippen LogP contribution >= 0.6 is 0 Å². The third-order valence-electron chi connectivity index (χ3n) is 2.72. The van der Waals surface area contributed by atoms with Crippen LogP contribution in [0.4, 0.5) is 11.4 Å². The molecule has 1 aromatic heterocycles. The number of amides is 1. The second-order valence-corrected chi connectivity index (χ2v) is 4.58. The van der Waals surface area contributed by atoms with Crippen LogP contribution in [-0.4, -0.2) is 30.1 Å². The van der Waals surface area contributed by atoms with Crippen molar-refractivity contribution in [3.05, 3.63) is 35.5 Å². The molecule has 1 aromatic carbocycles. The predicted octanol–water partition coefficient (Wildman–Crippen LogP) is 0.956. The number of hydrogen-bond acceptors (Lipinski definition) is 6. The smallest absolute Gasteiger partial charge is 0.253 e. The molecule has 0 unspecified atom stereocenters. The Bertz CT molecular complexity index is 621. The van der Waals surface area contributed by atoms with Crippen molar-refractivity contribution >= 4 is 17.3 Å². The number of rotatable bonds is 4. The van der Waals surface area contributed by atoms with Gasteiger partial charge in [-0.25, -0.2) is 0 Å². The molecule has 2 aromatic rings. The van der Waals surface area contributed by atoms with Gasteiger partial charge in [-0.1, -0.05) is 5.16 Å². The standard InChI is InChI=1S/C13H17N5O2/c1-8-16-12(17-20-8)7-15-13(19)10-6-9(14)4-5-11(10)18(2)3/h4-6H,7,14H2,1-3H3,(H,15,19). The Labute approximate surface area is 116 Å². The Morgan fingerprint density at radius 3 is 2.80 bits per heavy atom. The van der Waals surface area contributed by atoms with Crippen LogP contribution in [0, 0.1) is 6.92 Å². The van der Waals surface area contributed by atoms with Crippen LogP contribution in [0.25, 0.3) is 0 Å². The topological polar surface area (TPSA) is 97.3 Å². The number of hydrogen-bond donors (Lipinski definition) is 2. The van der Waals surface area contributed by atoms with E-state index >= 15 is 0 Å². The van der Waals surface area contributed by atoms with Crippen molar-refractivity contribution in [1.29, 1.82) is 0 Å². The minimum absolute atomic E-state index is 0.206. The van der Waals surface area contributed by atoms with Crippen molar-refractivity contribution < 1.29 is 9.32 Å². The van der Waals surface area contributed by atoms with Crippen molar-refractivity contribution in [3.63, 3.8) is 0 Å². The van der Waals surface area contributed by atoms with Crippen LogP contribution in [-0.2, 0) is 6.54 Å². The summed E-state index contributed by atoms with van der Waals surface area (Å²) >= 11 is 0. The quantitative estimate of drug-likeness (QED) is 0.806. The van der Waals surface area contributed by atoms with Gasteiger partial charge in [-0.15, -0.1) is 0 Å². The molecule has 7 nitrogen and oxygen atoms in total. The molecule has 20 heavy (non-hydrogen) atoms. The molecule has 0 aliphatic heterocycles. The first kappa shape index (κ1) is 13.9. The number of aryl methyl sites for hydroxylation is 1. The van der Waals surface area contributed by atoms with E-state index in [1.54, 1.807) is 19.1 Å². The Kier molecular flexibility index (Phi) is 3.88. The second kappa shape index (κ2) is 5.60. The Balaban J connectivity index is 2.14. The molecular formula is C13H17N5O2. The molecule has 0 bridgehead atoms. The van der Waals surface area contributed by atoms with Crippen LogP contribution in [0.5, 0.6) is 0 Å². The summed E-state index contributed by atoms with van der Waals surface area (Å²) in [4.78, 5) is 18.1. The van der Waals surface area contributed by atoms with Gasteiger partial charge < -0.3 is 20.5 Å². The maximum absolute atomic E-state index is 12.2. The lowest BCUT2D eigenvalue weighted by molar-refractivity contribution is 0.0950. The average Bonchev–Trinajstić information content (AvgIpc) is 2.81. The van der Waals surface area contributed by atoms with Crippen molar-refractivity contribution in [2.24, 2.45) is 0 Å². The number of aromatic nitrogens is 2. The summed E-state index contributed by atoms with van der Waals surface area (Å²) in [6, 6.07) is 5.21. The number of nitrogens with one attached hydrogen (secondary N) is 1. The molecular weight excluding hydrogens is 258 g/mol. The number of nitrogens with two attached hydrogens (primary N) is 1. The highest BCUT2D eigenvalue weighted by atomic mass is 16.5. The van der Waals surface area contributed by atoms with Crippen LogP contribution < -0.4 is 16.0 Å². The maximum atomic E-state index is 12.2. The van der Waals surface area contributed by atoms with Crippen molar-refractivity contribution in [2.45, 2.75) is 13.5 Å². The number of carbonyl (C=O) groups excluding carboxylic acids is 1. The lowest BCUT2D eigenvalue weighted by Gasteiger charge is -2.17. The van der Waals surface area contributed by atoms with E-state index in [9.17, 15) is 4.79 Å². The highest BCUT2D eigenvalue weighted by Crippen LogP contribution is 2.21. The number of nitrogen functional groups attached to an aromatic ring is 1. The van der Waals surface area contributed by atoms with Gasteiger partial charge >= 0.3 is 0 Å². The van der Waals surface area contributed by atoms with Crippen LogP contribution in [0.15, 0.2) is 22.7 Å². The van der Waals surface area contributed by atoms with Crippen LogP contribution in [0.2, 0.25) is 0 Å². The van der Waals surface area contributed by atoms with Gasteiger partial charge in [0.05, 0.1) is 12.1 Å². The third-order valence-corrected chi connectivity index (χ3v) is 2.72. The fourth-order valence-corrected chi connectivity index (χ4v) is 1.79. The van der Waals surface area contributed by atoms with E-state index in [-0.39, 0.29) is 12.5 Å². The summed E-state index contributed by atoms with van der Waals surface area (Å²) in [6.45, 7) is 1.90. The molecule has 0 atom stereocenters. The first-order valence-corrected chi connectivity index (χ1v) is 6.11. The summed E-state index contributed by atoms with van der Waals surface area (Å²) in [5.74, 6) is 0.668. The maximum Gasteiger partial charge on any atom is 0.253 e. The largest absolute Gasteiger partial charge is 0.399 e. The zero-order chi connectivity index (χ0) is 14.7. The average molecular weight is 275 g/mol. The molecule has 0 spiro atoms. The molecule has 0 saturated carbocycles. The highest BCUT2D eigenvalue weighted by molar-refractivity contribution is 6.00. The van der Waals surface area contributed by atoms with Crippen molar-refractivity contribution in [3.8, 4) is 0 Å². The van der Waals surface area contributed by atoms with E-state index in [1.165, 1.54) is 0 Å². The molecule has 0 radical (unpaired) electrons. The first-order valence-electron chi connectivity index (χ1n) is 6.11. The van der Waals surface area contributed by atoms with Gasteiger partial charge in [0.15, 0.2) is 5.82 Å². The zero-order valence-electron chi connectivity index (χ0n) is 11.7. The summed E-state index contributed by atoms with van der Waals surface area (Å²) < 4.78 is 4.84. The second-order valence-electron chi connectivity index (χ2n) is 4.58. The molecule has 2 rings (SSSR count). The van der Waals surface area contributed by atoms with E-state index in [0.29, 0.717) is 23.0 Å². The summed E-state index contributed by atoms with van der Waals surface area (Å²) in [5, 5.41) is 6.47. The van der Waals surface area contributed by atoms with Gasteiger partial charge in [-0.05, 0) is 18.2 Å². The van der Waals surface area contributed by atoms with Gasteiger partial charge in [-0.2, -0.15) is 4.98 Å². The van der Waals surface area contributed by atoms with Crippen LogP contribution in [0.1, 0.15) is 22.1 Å². The summed E-state index contributed by atoms with van der Waals surface area (Å²) in [7, 11) is 3.73. The number of carbonyl (C=O) groups is 1. The van der Waals surface area contributed by atoms with Crippen molar-refractivity contribution in [2.75, 3.05) is 24.7 Å². The minimum atomic E-state index is -0.233. The molecule has 106 valence electrons. The Hall–Kier alpha value is -2.57. The van der Waals surface area contributed by atoms with Crippen LogP contribution in [0.3, 0.4) is 0 Å². The number of benzene rings is 1. The fraction of sp³-hybridized carbons (Fsp3) is 0.308. The first-order chi connectivity index (χ1) is 9.47. The highest BCUT2D eigenvalue weighted by Gasteiger charge is 2.14. The summed E-state index contributed by atoms with van der Waals surface area (Å²) in [6.07, 6.45) is 0. The van der Waals surface area contributed by atoms with E-state index in [1.807, 2.05) is 25.1 Å². The lowest BCUT2D eigenvalue weighted by atomic mass is 10.1. The molecule has 0 fully saturated rings. The minimum Gasteiger partial charge on any atom is -0.399 e. The van der Waals surface area contributed by atoms with E-state index < -0.39 is 0 Å². The van der Waals surface area contributed by atoms with E-state index in [2.05, 4.69) is 15.5 Å². The summed E-state index contributed by atoms with van der Waals surface area (Å²) in [5.41, 5.74) is 7.58. The zero-order valence-corrected chi connectivity index (χ0v) is 11.7. The molecule has 3 N–H and O–H groups in total. The van der Waals surface area contributed by atoms with E-state index in [0.717, 1.165) is 5.69 Å². The Morgan fingerprint density at radius 2 is 2.20 bits per heavy atom. The normalized spacial score (nSPS) is 10.3. The Morgan fingerprint density at radius 1 is 1.45 bits per heavy atom. The molecule has 7 heteroatoms. The monoisotopic (exact) mass is 275 g/mol. The number of nitrogens with zero attached hydrogens (tertiary/aromatic N) is 3. The van der Waals surface area contributed by atoms with Gasteiger partial charge in [0.2, 0.25) is 5.89 Å².